The van der Waals surface area contributed by atoms with Crippen molar-refractivity contribution in [2.75, 3.05) is 10.6 Å². The van der Waals surface area contributed by atoms with Crippen LogP contribution in [0.15, 0.2) is 24.5 Å². The van der Waals surface area contributed by atoms with Gasteiger partial charge in [0.15, 0.2) is 0 Å². The number of nitrogens with zero attached hydrogens (tertiary/aromatic N) is 3. The van der Waals surface area contributed by atoms with E-state index >= 15 is 0 Å². The van der Waals surface area contributed by atoms with Gasteiger partial charge in [0, 0.05) is 12.7 Å². The van der Waals surface area contributed by atoms with E-state index in [2.05, 4.69) is 41.5 Å². The fourth-order valence-electron chi connectivity index (χ4n) is 2.71. The van der Waals surface area contributed by atoms with Gasteiger partial charge in [-0.15, -0.1) is 0 Å². The van der Waals surface area contributed by atoms with Crippen LogP contribution in [0.2, 0.25) is 0 Å². The lowest BCUT2D eigenvalue weighted by Crippen LogP contribution is -2.22. The average molecular weight is 313 g/mol. The van der Waals surface area contributed by atoms with Crippen LogP contribution in [0.1, 0.15) is 44.9 Å². The lowest BCUT2D eigenvalue weighted by atomic mass is 9.88. The largest absolute Gasteiger partial charge is 0.324 e. The Bertz CT molecular complexity index is 697. The van der Waals surface area contributed by atoms with Gasteiger partial charge in [0.05, 0.1) is 17.6 Å². The minimum Gasteiger partial charge on any atom is -0.305 e. The summed E-state index contributed by atoms with van der Waals surface area (Å²) in [6.07, 6.45) is 6.75. The van der Waals surface area contributed by atoms with E-state index in [-0.39, 0.29) is 11.4 Å². The molecule has 2 aromatic heterocycles. The fourth-order valence-corrected chi connectivity index (χ4v) is 2.71. The summed E-state index contributed by atoms with van der Waals surface area (Å²) in [6, 6.07) is 3.53. The van der Waals surface area contributed by atoms with Crippen molar-refractivity contribution in [2.24, 2.45) is 0 Å². The maximum absolute atomic E-state index is 12.1. The molecule has 1 aliphatic rings. The Kier molecular flexibility index (Phi) is 4.07. The lowest BCUT2D eigenvalue weighted by Gasteiger charge is -2.18. The first-order chi connectivity index (χ1) is 10.9. The highest BCUT2D eigenvalue weighted by Gasteiger charge is 2.17. The molecule has 0 aromatic carbocycles. The number of carbonyl (C=O) groups excluding carboxylic acids is 1. The van der Waals surface area contributed by atoms with Crippen molar-refractivity contribution in [1.82, 2.24) is 14.8 Å². The second-order valence-electron chi connectivity index (χ2n) is 6.95. The molecule has 0 aliphatic carbocycles. The Morgan fingerprint density at radius 1 is 1.17 bits per heavy atom. The summed E-state index contributed by atoms with van der Waals surface area (Å²) < 4.78 is 1.97. The van der Waals surface area contributed by atoms with Gasteiger partial charge in [0.1, 0.15) is 5.82 Å². The van der Waals surface area contributed by atoms with Crippen LogP contribution in [0, 0.1) is 0 Å². The second-order valence-corrected chi connectivity index (χ2v) is 6.95. The number of aromatic nitrogens is 3. The SMILES string of the molecule is CC(C)(C)c1ccc(NC(=O)Nc2cnn3c2CCCC3)nc1. The van der Waals surface area contributed by atoms with E-state index in [4.69, 9.17) is 0 Å². The van der Waals surface area contributed by atoms with Gasteiger partial charge < -0.3 is 5.32 Å². The zero-order valence-corrected chi connectivity index (χ0v) is 13.9. The van der Waals surface area contributed by atoms with Crippen LogP contribution in [0.4, 0.5) is 16.3 Å². The van der Waals surface area contributed by atoms with Gasteiger partial charge in [-0.1, -0.05) is 26.8 Å². The number of hydrogen-bond acceptors (Lipinski definition) is 3. The predicted molar refractivity (Wildman–Crippen MR) is 90.7 cm³/mol. The predicted octanol–water partition coefficient (Wildman–Crippen LogP) is 3.56. The zero-order chi connectivity index (χ0) is 16.4. The lowest BCUT2D eigenvalue weighted by molar-refractivity contribution is 0.262. The van der Waals surface area contributed by atoms with Crippen molar-refractivity contribution in [1.29, 1.82) is 0 Å². The Morgan fingerprint density at radius 3 is 2.70 bits per heavy atom. The van der Waals surface area contributed by atoms with Crippen LogP contribution in [-0.4, -0.2) is 20.8 Å². The second kappa shape index (κ2) is 6.02. The summed E-state index contributed by atoms with van der Waals surface area (Å²) in [5, 5.41) is 9.95. The molecule has 0 atom stereocenters. The fraction of sp³-hybridized carbons (Fsp3) is 0.471. The molecule has 122 valence electrons. The summed E-state index contributed by atoms with van der Waals surface area (Å²) in [6.45, 7) is 7.32. The average Bonchev–Trinajstić information content (AvgIpc) is 2.90. The molecule has 6 heteroatoms. The van der Waals surface area contributed by atoms with Crippen molar-refractivity contribution in [2.45, 2.75) is 52.0 Å². The smallest absolute Gasteiger partial charge is 0.305 e. The number of rotatable bonds is 2. The summed E-state index contributed by atoms with van der Waals surface area (Å²) in [4.78, 5) is 16.5. The number of nitrogens with one attached hydrogen (secondary N) is 2. The van der Waals surface area contributed by atoms with E-state index in [0.29, 0.717) is 5.82 Å². The molecule has 2 aromatic rings. The molecular weight excluding hydrogens is 290 g/mol. The molecule has 2 amide bonds. The van der Waals surface area contributed by atoms with Gasteiger partial charge >= 0.3 is 6.03 Å². The molecule has 3 rings (SSSR count). The number of pyridine rings is 1. The number of carbonyl (C=O) groups is 1. The molecule has 0 radical (unpaired) electrons. The minimum atomic E-state index is -0.289. The molecule has 0 saturated heterocycles. The number of aryl methyl sites for hydroxylation is 1. The highest BCUT2D eigenvalue weighted by atomic mass is 16.2. The Labute approximate surface area is 136 Å². The monoisotopic (exact) mass is 313 g/mol. The summed E-state index contributed by atoms with van der Waals surface area (Å²) >= 11 is 0. The summed E-state index contributed by atoms with van der Waals surface area (Å²) in [5.74, 6) is 0.538. The van der Waals surface area contributed by atoms with Crippen LogP contribution in [0.25, 0.3) is 0 Å². The number of hydrogen-bond donors (Lipinski definition) is 2. The van der Waals surface area contributed by atoms with E-state index in [0.717, 1.165) is 42.8 Å². The highest BCUT2D eigenvalue weighted by Crippen LogP contribution is 2.23. The Morgan fingerprint density at radius 2 is 2.00 bits per heavy atom. The third-order valence-corrected chi connectivity index (χ3v) is 4.10. The zero-order valence-electron chi connectivity index (χ0n) is 13.9. The molecule has 0 bridgehead atoms. The first-order valence-corrected chi connectivity index (χ1v) is 8.03. The van der Waals surface area contributed by atoms with Crippen LogP contribution in [-0.2, 0) is 18.4 Å². The molecule has 1 aliphatic heterocycles. The number of fused-ring (bicyclic) bond motifs is 1. The van der Waals surface area contributed by atoms with Crippen molar-refractivity contribution in [3.05, 3.63) is 35.8 Å². The van der Waals surface area contributed by atoms with Gasteiger partial charge in [-0.3, -0.25) is 10.00 Å². The third-order valence-electron chi connectivity index (χ3n) is 4.10. The minimum absolute atomic E-state index is 0.0467. The molecule has 0 saturated carbocycles. The molecule has 0 spiro atoms. The maximum Gasteiger partial charge on any atom is 0.324 e. The van der Waals surface area contributed by atoms with E-state index in [1.807, 2.05) is 16.8 Å². The Balaban J connectivity index is 1.64. The summed E-state index contributed by atoms with van der Waals surface area (Å²) in [7, 11) is 0. The first-order valence-electron chi connectivity index (χ1n) is 8.03. The number of urea groups is 1. The quantitative estimate of drug-likeness (QED) is 0.890. The first kappa shape index (κ1) is 15.5. The van der Waals surface area contributed by atoms with Crippen molar-refractivity contribution >= 4 is 17.5 Å². The molecular formula is C17H23N5O. The van der Waals surface area contributed by atoms with Gasteiger partial charge in [-0.2, -0.15) is 5.10 Å². The van der Waals surface area contributed by atoms with Crippen molar-refractivity contribution in [3.8, 4) is 0 Å². The maximum atomic E-state index is 12.1. The van der Waals surface area contributed by atoms with E-state index in [9.17, 15) is 4.79 Å². The van der Waals surface area contributed by atoms with Crippen LogP contribution in [0.3, 0.4) is 0 Å². The number of anilines is 2. The normalized spacial score (nSPS) is 14.2. The topological polar surface area (TPSA) is 71.8 Å². The van der Waals surface area contributed by atoms with Crippen molar-refractivity contribution in [3.63, 3.8) is 0 Å². The van der Waals surface area contributed by atoms with Gasteiger partial charge in [-0.05, 0) is 36.3 Å². The third kappa shape index (κ3) is 3.52. The molecule has 2 N–H and O–H groups in total. The van der Waals surface area contributed by atoms with Crippen LogP contribution >= 0.6 is 0 Å². The molecule has 23 heavy (non-hydrogen) atoms. The number of amides is 2. The molecule has 0 fully saturated rings. The Hall–Kier alpha value is -2.37. The van der Waals surface area contributed by atoms with E-state index in [1.54, 1.807) is 12.4 Å². The van der Waals surface area contributed by atoms with E-state index < -0.39 is 0 Å². The highest BCUT2D eigenvalue weighted by molar-refractivity contribution is 5.99. The van der Waals surface area contributed by atoms with Crippen LogP contribution < -0.4 is 10.6 Å². The molecule has 6 nitrogen and oxygen atoms in total. The van der Waals surface area contributed by atoms with Crippen LogP contribution in [0.5, 0.6) is 0 Å². The van der Waals surface area contributed by atoms with Gasteiger partial charge in [-0.25, -0.2) is 9.78 Å². The molecule has 3 heterocycles. The van der Waals surface area contributed by atoms with Gasteiger partial charge in [0.25, 0.3) is 0 Å². The molecule has 0 unspecified atom stereocenters. The summed E-state index contributed by atoms with van der Waals surface area (Å²) in [5.41, 5.74) is 3.07. The van der Waals surface area contributed by atoms with E-state index in [1.165, 1.54) is 0 Å². The van der Waals surface area contributed by atoms with Gasteiger partial charge in [0.2, 0.25) is 0 Å². The standard InChI is InChI=1S/C17H23N5O/c1-17(2,3)12-7-8-15(18-10-12)21-16(23)20-13-11-19-22-9-5-4-6-14(13)22/h7-8,10-11H,4-6,9H2,1-3H3,(H2,18,20,21,23). The van der Waals surface area contributed by atoms with Crippen molar-refractivity contribution < 1.29 is 4.79 Å².